The van der Waals surface area contributed by atoms with Crippen LogP contribution >= 0.6 is 11.3 Å². The van der Waals surface area contributed by atoms with Gasteiger partial charge in [0.2, 0.25) is 0 Å². The Morgan fingerprint density at radius 1 is 0.872 bits per heavy atom. The van der Waals surface area contributed by atoms with Crippen LogP contribution < -0.4 is 0 Å². The van der Waals surface area contributed by atoms with Crippen molar-refractivity contribution in [3.05, 3.63) is 76.0 Å². The summed E-state index contributed by atoms with van der Waals surface area (Å²) >= 11 is 1.84. The Balaban J connectivity index is 0.000000269. The number of ketones is 1. The molecule has 0 fully saturated rings. The van der Waals surface area contributed by atoms with E-state index in [1.807, 2.05) is 45.2 Å². The average Bonchev–Trinajstić information content (AvgIpc) is 3.30. The maximum atomic E-state index is 11.7. The first-order chi connectivity index (χ1) is 21.8. The van der Waals surface area contributed by atoms with Crippen LogP contribution in [0.3, 0.4) is 0 Å². The zero-order valence-electron chi connectivity index (χ0n) is 29.8. The monoisotopic (exact) mass is 825 g/mol. The van der Waals surface area contributed by atoms with Gasteiger partial charge in [-0.25, -0.2) is 0 Å². The summed E-state index contributed by atoms with van der Waals surface area (Å²) in [4.78, 5) is 18.0. The van der Waals surface area contributed by atoms with Crippen LogP contribution in [0.5, 0.6) is 0 Å². The largest absolute Gasteiger partial charge is 0.512 e. The van der Waals surface area contributed by atoms with Gasteiger partial charge in [0.15, 0.2) is 5.78 Å². The van der Waals surface area contributed by atoms with E-state index in [9.17, 15) is 9.90 Å². The van der Waals surface area contributed by atoms with E-state index in [-0.39, 0.29) is 48.9 Å². The molecule has 3 nitrogen and oxygen atoms in total. The number of allylic oxidation sites excluding steroid dienone is 2. The minimum absolute atomic E-state index is 0. The molecule has 0 amide bonds. The summed E-state index contributed by atoms with van der Waals surface area (Å²) in [6.45, 7) is 21.8. The summed E-state index contributed by atoms with van der Waals surface area (Å²) in [7, 11) is 0. The molecule has 2 aromatic heterocycles. The second kappa shape index (κ2) is 14.7. The number of nitrogens with zero attached hydrogens (tertiary/aromatic N) is 1. The van der Waals surface area contributed by atoms with Crippen molar-refractivity contribution in [2.45, 2.75) is 101 Å². The Morgan fingerprint density at radius 3 is 2.13 bits per heavy atom. The van der Waals surface area contributed by atoms with Gasteiger partial charge in [0.25, 0.3) is 0 Å². The summed E-state index contributed by atoms with van der Waals surface area (Å²) in [6.07, 6.45) is 7.95. The number of fused-ring (bicyclic) bond motifs is 4. The third-order valence-corrected chi connectivity index (χ3v) is 11.1. The number of aliphatic hydroxyl groups is 1. The van der Waals surface area contributed by atoms with Gasteiger partial charge >= 0.3 is 0 Å². The van der Waals surface area contributed by atoms with Crippen LogP contribution in [0.2, 0.25) is 0 Å². The molecule has 0 unspecified atom stereocenters. The summed E-state index contributed by atoms with van der Waals surface area (Å²) in [6, 6.07) is 15.2. The van der Waals surface area contributed by atoms with Gasteiger partial charge in [-0.2, -0.15) is 11.3 Å². The maximum Gasteiger partial charge on any atom is 0.162 e. The van der Waals surface area contributed by atoms with Crippen molar-refractivity contribution < 1.29 is 30.0 Å². The third-order valence-electron chi connectivity index (χ3n) is 9.99. The number of aromatic nitrogens is 1. The number of hydrogen-bond acceptors (Lipinski definition) is 4. The number of pyridine rings is 1. The molecule has 5 heteroatoms. The van der Waals surface area contributed by atoms with Gasteiger partial charge in [-0.05, 0) is 112 Å². The standard InChI is InChI=1S/C29H26NS.C13H24O2.Ir/c1-15-17(3)31-25-13-23-22(12-21(15)25)19-8-7-9-20-24(14-29(4,5)6)16(2)18-10-11-30-28(23)27(18)26(19)20;1-5-10(6-2)12(14)9-13(15)11(7-3)8-4;/h7-12H,14H2,1-6H3;9-11,14H,5-8H2,1-4H3;/q-1;;/b;12-9-;. The molecular formula is C42H50IrNO2S-. The van der Waals surface area contributed by atoms with E-state index in [0.717, 1.165) is 43.0 Å². The van der Waals surface area contributed by atoms with Crippen LogP contribution in [0, 0.1) is 44.1 Å². The summed E-state index contributed by atoms with van der Waals surface area (Å²) in [5.41, 5.74) is 5.56. The van der Waals surface area contributed by atoms with Crippen LogP contribution in [0.4, 0.5) is 0 Å². The number of thiophene rings is 1. The molecule has 1 radical (unpaired) electrons. The minimum Gasteiger partial charge on any atom is -0.512 e. The molecule has 251 valence electrons. The van der Waals surface area contributed by atoms with Gasteiger partial charge in [0.05, 0.1) is 5.76 Å². The van der Waals surface area contributed by atoms with Crippen molar-refractivity contribution in [1.29, 1.82) is 0 Å². The Morgan fingerprint density at radius 2 is 1.51 bits per heavy atom. The molecule has 0 saturated heterocycles. The quantitative estimate of drug-likeness (QED) is 0.0547. The number of benzene rings is 4. The van der Waals surface area contributed by atoms with Crippen LogP contribution in [0.15, 0.2) is 48.4 Å². The fourth-order valence-corrected chi connectivity index (χ4v) is 8.17. The van der Waals surface area contributed by atoms with E-state index >= 15 is 0 Å². The first-order valence-electron chi connectivity index (χ1n) is 17.1. The molecule has 0 bridgehead atoms. The molecule has 0 spiro atoms. The second-order valence-electron chi connectivity index (χ2n) is 14.2. The molecule has 0 aliphatic rings. The molecule has 4 aromatic carbocycles. The van der Waals surface area contributed by atoms with E-state index in [2.05, 4.69) is 77.9 Å². The van der Waals surface area contributed by atoms with Gasteiger partial charge in [0.1, 0.15) is 0 Å². The summed E-state index contributed by atoms with van der Waals surface area (Å²) in [5, 5.41) is 20.2. The number of hydrogen-bond donors (Lipinski definition) is 1. The van der Waals surface area contributed by atoms with Gasteiger partial charge in [0, 0.05) is 44.2 Å². The normalized spacial score (nSPS) is 12.6. The van der Waals surface area contributed by atoms with Gasteiger partial charge in [-0.15, -0.1) is 17.5 Å². The van der Waals surface area contributed by atoms with Crippen LogP contribution in [0.25, 0.3) is 53.3 Å². The van der Waals surface area contributed by atoms with Crippen LogP contribution in [-0.4, -0.2) is 15.9 Å². The zero-order chi connectivity index (χ0) is 33.5. The molecule has 0 aliphatic carbocycles. The first kappa shape index (κ1) is 37.0. The first-order valence-corrected chi connectivity index (χ1v) is 17.9. The molecule has 6 rings (SSSR count). The molecule has 6 aromatic rings. The Bertz CT molecular complexity index is 2070. The summed E-state index contributed by atoms with van der Waals surface area (Å²) in [5.74, 6) is 0.547. The topological polar surface area (TPSA) is 50.2 Å². The van der Waals surface area contributed by atoms with Crippen molar-refractivity contribution >= 4 is 70.4 Å². The predicted octanol–water partition coefficient (Wildman–Crippen LogP) is 12.5. The van der Waals surface area contributed by atoms with Crippen LogP contribution in [-0.2, 0) is 31.3 Å². The fourth-order valence-electron chi connectivity index (χ4n) is 7.12. The average molecular weight is 825 g/mol. The van der Waals surface area contributed by atoms with Gasteiger partial charge in [-0.1, -0.05) is 88.4 Å². The van der Waals surface area contributed by atoms with E-state index in [0.29, 0.717) is 0 Å². The number of carbonyl (C=O) groups is 1. The Labute approximate surface area is 298 Å². The Kier molecular flexibility index (Phi) is 11.6. The summed E-state index contributed by atoms with van der Waals surface area (Å²) < 4.78 is 1.24. The number of aryl methyl sites for hydroxylation is 3. The fraction of sp³-hybridized carbons (Fsp3) is 0.429. The van der Waals surface area contributed by atoms with Crippen molar-refractivity contribution in [2.75, 3.05) is 0 Å². The Hall–Kier alpha value is -2.85. The number of rotatable bonds is 8. The second-order valence-corrected chi connectivity index (χ2v) is 15.5. The van der Waals surface area contributed by atoms with Crippen molar-refractivity contribution in [1.82, 2.24) is 4.98 Å². The molecular weight excluding hydrogens is 775 g/mol. The number of carbonyl (C=O) groups excluding carboxylic acids is 1. The van der Waals surface area contributed by atoms with Gasteiger partial charge < -0.3 is 10.1 Å². The molecule has 47 heavy (non-hydrogen) atoms. The molecule has 0 aliphatic heterocycles. The smallest absolute Gasteiger partial charge is 0.162 e. The third kappa shape index (κ3) is 7.00. The molecule has 0 saturated carbocycles. The van der Waals surface area contributed by atoms with E-state index in [1.54, 1.807) is 0 Å². The van der Waals surface area contributed by atoms with Crippen LogP contribution in [0.1, 0.15) is 95.7 Å². The van der Waals surface area contributed by atoms with Gasteiger partial charge in [-0.3, -0.25) is 4.79 Å². The molecule has 2 heterocycles. The molecule has 0 atom stereocenters. The van der Waals surface area contributed by atoms with Crippen molar-refractivity contribution in [3.63, 3.8) is 0 Å². The predicted molar refractivity (Wildman–Crippen MR) is 201 cm³/mol. The van der Waals surface area contributed by atoms with Crippen molar-refractivity contribution in [2.24, 2.45) is 17.3 Å². The van der Waals surface area contributed by atoms with E-state index in [1.165, 1.54) is 70.0 Å². The minimum atomic E-state index is 0. The van der Waals surface area contributed by atoms with E-state index < -0.39 is 0 Å². The van der Waals surface area contributed by atoms with E-state index in [4.69, 9.17) is 4.98 Å². The SMILES string of the molecule is CCC(CC)C(=O)/C=C(\O)C(CC)CC.Cc1sc2[c-]c3c(cc2c1C)c1cccc2c(CC(C)(C)C)c(C)c4ccnc3c4c21.[Ir]. The molecule has 1 N–H and O–H groups in total. The van der Waals surface area contributed by atoms with Crippen molar-refractivity contribution in [3.8, 4) is 0 Å². The zero-order valence-corrected chi connectivity index (χ0v) is 33.0. The maximum absolute atomic E-state index is 11.7. The number of aliphatic hydroxyl groups excluding tert-OH is 1.